The quantitative estimate of drug-likeness (QED) is 0.668. The van der Waals surface area contributed by atoms with Gasteiger partial charge in [-0.25, -0.2) is 23.7 Å². The van der Waals surface area contributed by atoms with Gasteiger partial charge >= 0.3 is 0 Å². The number of amidine groups is 1. The number of nitrogens with two attached hydrogens (primary N) is 1. The van der Waals surface area contributed by atoms with Gasteiger partial charge in [0.2, 0.25) is 0 Å². The Morgan fingerprint density at radius 1 is 1.03 bits per heavy atom. The van der Waals surface area contributed by atoms with Crippen molar-refractivity contribution in [2.75, 3.05) is 13.2 Å². The van der Waals surface area contributed by atoms with Crippen LogP contribution in [0, 0.1) is 5.92 Å². The van der Waals surface area contributed by atoms with Gasteiger partial charge in [0.1, 0.15) is 30.2 Å². The second kappa shape index (κ2) is 6.62. The van der Waals surface area contributed by atoms with Crippen LogP contribution in [0.2, 0.25) is 0 Å². The van der Waals surface area contributed by atoms with Gasteiger partial charge in [-0.05, 0) is 35.9 Å². The molecular formula is C23H18F2N4O3. The van der Waals surface area contributed by atoms with E-state index in [9.17, 15) is 8.78 Å². The van der Waals surface area contributed by atoms with E-state index < -0.39 is 17.4 Å². The SMILES string of the molecule is NC1=N[C@]2(CO1)c1cc(OC[C@H]3CC3(F)F)ccc1Oc1ccc(-c3cncnc3)cc12. The van der Waals surface area contributed by atoms with Crippen LogP contribution in [0.25, 0.3) is 11.1 Å². The van der Waals surface area contributed by atoms with Crippen LogP contribution in [-0.4, -0.2) is 35.1 Å². The van der Waals surface area contributed by atoms with E-state index in [1.54, 1.807) is 30.6 Å². The summed E-state index contributed by atoms with van der Waals surface area (Å²) >= 11 is 0. The molecule has 3 aliphatic rings. The molecule has 2 aromatic carbocycles. The van der Waals surface area contributed by atoms with Crippen molar-refractivity contribution in [3.8, 4) is 28.4 Å². The Kier molecular flexibility index (Phi) is 3.93. The Hall–Kier alpha value is -3.75. The normalized spacial score (nSPS) is 24.1. The largest absolute Gasteiger partial charge is 0.493 e. The summed E-state index contributed by atoms with van der Waals surface area (Å²) in [7, 11) is 0. The first-order valence-corrected chi connectivity index (χ1v) is 10.2. The molecule has 0 amide bonds. The van der Waals surface area contributed by atoms with E-state index in [0.29, 0.717) is 22.8 Å². The molecule has 1 fully saturated rings. The number of hydrogen-bond acceptors (Lipinski definition) is 7. The first kappa shape index (κ1) is 19.0. The van der Waals surface area contributed by atoms with E-state index in [0.717, 1.165) is 16.7 Å². The van der Waals surface area contributed by atoms with Crippen LogP contribution in [0.3, 0.4) is 0 Å². The fraction of sp³-hybridized carbons (Fsp3) is 0.261. The van der Waals surface area contributed by atoms with Crippen molar-refractivity contribution in [3.05, 3.63) is 66.2 Å². The Morgan fingerprint density at radius 2 is 1.75 bits per heavy atom. The summed E-state index contributed by atoms with van der Waals surface area (Å²) in [4.78, 5) is 12.8. The van der Waals surface area contributed by atoms with Crippen LogP contribution in [-0.2, 0) is 10.3 Å². The molecule has 1 saturated carbocycles. The Labute approximate surface area is 181 Å². The molecule has 3 aromatic rings. The number of alkyl halides is 2. The molecule has 3 heterocycles. The van der Waals surface area contributed by atoms with Crippen molar-refractivity contribution >= 4 is 6.02 Å². The molecule has 1 spiro atoms. The highest BCUT2D eigenvalue weighted by molar-refractivity contribution is 5.78. The van der Waals surface area contributed by atoms with Gasteiger partial charge in [0.25, 0.3) is 11.9 Å². The highest BCUT2D eigenvalue weighted by Crippen LogP contribution is 2.53. The van der Waals surface area contributed by atoms with Crippen molar-refractivity contribution in [2.45, 2.75) is 17.9 Å². The molecule has 2 N–H and O–H groups in total. The lowest BCUT2D eigenvalue weighted by atomic mass is 9.80. The predicted molar refractivity (Wildman–Crippen MR) is 111 cm³/mol. The van der Waals surface area contributed by atoms with E-state index in [2.05, 4.69) is 15.0 Å². The minimum absolute atomic E-state index is 0.0453. The van der Waals surface area contributed by atoms with Crippen LogP contribution < -0.4 is 15.2 Å². The topological polar surface area (TPSA) is 91.9 Å². The van der Waals surface area contributed by atoms with E-state index in [1.165, 1.54) is 6.33 Å². The molecule has 7 nitrogen and oxygen atoms in total. The minimum Gasteiger partial charge on any atom is -0.493 e. The van der Waals surface area contributed by atoms with Gasteiger partial charge in [-0.15, -0.1) is 0 Å². The van der Waals surface area contributed by atoms with Gasteiger partial charge in [0.05, 0.1) is 12.5 Å². The van der Waals surface area contributed by atoms with Crippen molar-refractivity contribution in [1.82, 2.24) is 9.97 Å². The van der Waals surface area contributed by atoms with Crippen molar-refractivity contribution in [2.24, 2.45) is 16.6 Å². The number of hydrogen-bond donors (Lipinski definition) is 1. The standard InChI is InChI=1S/C23H18F2N4O3/c24-23(25)7-15(23)10-30-16-2-4-20-18(6-16)22(11-31-21(26)29-22)17-5-13(1-3-19(17)32-20)14-8-27-12-28-9-14/h1-6,8-9,12,15H,7,10-11H2,(H2,26,29)/t15-,22+/m1/s1. The summed E-state index contributed by atoms with van der Waals surface area (Å²) in [6.45, 7) is 0.136. The second-order valence-corrected chi connectivity index (χ2v) is 8.17. The number of aliphatic imine (C=N–C) groups is 1. The number of benzene rings is 2. The summed E-state index contributed by atoms with van der Waals surface area (Å²) in [5, 5.41) is 0. The second-order valence-electron chi connectivity index (χ2n) is 8.17. The van der Waals surface area contributed by atoms with Gasteiger partial charge in [-0.2, -0.15) is 0 Å². The maximum absolute atomic E-state index is 13.2. The molecule has 162 valence electrons. The number of aromatic nitrogens is 2. The monoisotopic (exact) mass is 436 g/mol. The average molecular weight is 436 g/mol. The third-order valence-corrected chi connectivity index (χ3v) is 6.07. The first-order chi connectivity index (χ1) is 15.4. The van der Waals surface area contributed by atoms with E-state index in [-0.39, 0.29) is 25.7 Å². The zero-order valence-electron chi connectivity index (χ0n) is 16.8. The molecule has 0 saturated heterocycles. The number of fused-ring (bicyclic) bond motifs is 4. The Morgan fingerprint density at radius 3 is 2.44 bits per heavy atom. The van der Waals surface area contributed by atoms with E-state index >= 15 is 0 Å². The van der Waals surface area contributed by atoms with Crippen molar-refractivity contribution in [3.63, 3.8) is 0 Å². The summed E-state index contributed by atoms with van der Waals surface area (Å²) in [6.07, 6.45) is 4.78. The fourth-order valence-electron chi connectivity index (χ4n) is 4.20. The lowest BCUT2D eigenvalue weighted by Crippen LogP contribution is -2.31. The Bertz CT molecular complexity index is 1250. The lowest BCUT2D eigenvalue weighted by Gasteiger charge is -2.34. The van der Waals surface area contributed by atoms with E-state index in [4.69, 9.17) is 19.9 Å². The molecule has 6 rings (SSSR count). The third-order valence-electron chi connectivity index (χ3n) is 6.07. The molecule has 1 aliphatic carbocycles. The average Bonchev–Trinajstić information content (AvgIpc) is 3.23. The van der Waals surface area contributed by atoms with Gasteiger partial charge < -0.3 is 19.9 Å². The van der Waals surface area contributed by atoms with Crippen LogP contribution in [0.4, 0.5) is 8.78 Å². The molecule has 9 heteroatoms. The number of nitrogens with zero attached hydrogens (tertiary/aromatic N) is 3. The summed E-state index contributed by atoms with van der Waals surface area (Å²) in [5.41, 5.74) is 8.20. The number of ether oxygens (including phenoxy) is 3. The molecular weight excluding hydrogens is 418 g/mol. The van der Waals surface area contributed by atoms with Crippen molar-refractivity contribution in [1.29, 1.82) is 0 Å². The van der Waals surface area contributed by atoms with Gasteiger partial charge in [-0.3, -0.25) is 0 Å². The molecule has 0 bridgehead atoms. The first-order valence-electron chi connectivity index (χ1n) is 10.2. The van der Waals surface area contributed by atoms with Crippen LogP contribution in [0.1, 0.15) is 17.5 Å². The predicted octanol–water partition coefficient (Wildman–Crippen LogP) is 3.87. The molecule has 0 radical (unpaired) electrons. The van der Waals surface area contributed by atoms with Gasteiger partial charge in [0.15, 0.2) is 5.54 Å². The number of halogens is 2. The zero-order chi connectivity index (χ0) is 21.9. The highest BCUT2D eigenvalue weighted by atomic mass is 19.3. The molecule has 2 aliphatic heterocycles. The molecule has 32 heavy (non-hydrogen) atoms. The Balaban J connectivity index is 1.42. The van der Waals surface area contributed by atoms with Crippen LogP contribution in [0.5, 0.6) is 17.2 Å². The van der Waals surface area contributed by atoms with Crippen LogP contribution in [0.15, 0.2) is 60.1 Å². The van der Waals surface area contributed by atoms with Crippen LogP contribution >= 0.6 is 0 Å². The highest BCUT2D eigenvalue weighted by Gasteiger charge is 2.57. The van der Waals surface area contributed by atoms with Gasteiger partial charge in [0, 0.05) is 35.5 Å². The summed E-state index contributed by atoms with van der Waals surface area (Å²) in [6, 6.07) is 11.0. The minimum atomic E-state index is -2.63. The third kappa shape index (κ3) is 2.96. The molecule has 0 unspecified atom stereocenters. The fourth-order valence-corrected chi connectivity index (χ4v) is 4.20. The van der Waals surface area contributed by atoms with Gasteiger partial charge in [-0.1, -0.05) is 6.07 Å². The van der Waals surface area contributed by atoms with Crippen molar-refractivity contribution < 1.29 is 23.0 Å². The number of rotatable bonds is 4. The summed E-state index contributed by atoms with van der Waals surface area (Å²) < 4.78 is 43.9. The van der Waals surface area contributed by atoms with E-state index in [1.807, 2.05) is 18.2 Å². The lowest BCUT2D eigenvalue weighted by molar-refractivity contribution is 0.0855. The summed E-state index contributed by atoms with van der Waals surface area (Å²) in [5.74, 6) is -1.70. The molecule has 2 atom stereocenters. The smallest absolute Gasteiger partial charge is 0.283 e. The maximum Gasteiger partial charge on any atom is 0.283 e. The zero-order valence-corrected chi connectivity index (χ0v) is 16.8. The molecule has 1 aromatic heterocycles. The maximum atomic E-state index is 13.2.